The van der Waals surface area contributed by atoms with Gasteiger partial charge in [-0.3, -0.25) is 10.1 Å². The first kappa shape index (κ1) is 27.6. The van der Waals surface area contributed by atoms with Gasteiger partial charge in [-0.2, -0.15) is 4.57 Å². The molecule has 0 aliphatic rings. The van der Waals surface area contributed by atoms with Crippen LogP contribution in [-0.4, -0.2) is 17.7 Å². The molecule has 1 aromatic heterocycles. The molecule has 0 atom stereocenters. The summed E-state index contributed by atoms with van der Waals surface area (Å²) in [5.41, 5.74) is 5.51. The van der Waals surface area contributed by atoms with Gasteiger partial charge in [0.15, 0.2) is 6.54 Å². The number of hydrogen-bond donors (Lipinski definition) is 0. The molecule has 3 aromatic carbocycles. The van der Waals surface area contributed by atoms with Crippen LogP contribution in [0.15, 0.2) is 103 Å². The van der Waals surface area contributed by atoms with Crippen molar-refractivity contribution in [2.45, 2.75) is 32.4 Å². The number of nitrogens with zero attached hydrogens (tertiary/aromatic N) is 2. The van der Waals surface area contributed by atoms with Crippen molar-refractivity contribution in [3.63, 3.8) is 0 Å². The molecule has 4 aromatic rings. The molecule has 1 heterocycles. The monoisotopic (exact) mass is 510 g/mol. The molecule has 0 saturated heterocycles. The Balaban J connectivity index is 0.000000695. The molecule has 4 rings (SSSR count). The van der Waals surface area contributed by atoms with Gasteiger partial charge in [0.2, 0.25) is 16.9 Å². The molecule has 0 radical (unpaired) electrons. The molecule has 9 heteroatoms. The largest absolute Gasteiger partial charge is 0.673 e. The van der Waals surface area contributed by atoms with Crippen molar-refractivity contribution in [1.82, 2.24) is 0 Å². The maximum atomic E-state index is 11.6. The van der Waals surface area contributed by atoms with Crippen LogP contribution in [0.5, 0.6) is 0 Å². The smallest absolute Gasteiger partial charge is 0.418 e. The summed E-state index contributed by atoms with van der Waals surface area (Å²) in [7, 11) is -6.00. The number of aromatic nitrogens is 1. The molecule has 37 heavy (non-hydrogen) atoms. The van der Waals surface area contributed by atoms with Crippen LogP contribution in [0.25, 0.3) is 33.6 Å². The van der Waals surface area contributed by atoms with Gasteiger partial charge in [0.05, 0.1) is 6.42 Å². The molecule has 0 amide bonds. The van der Waals surface area contributed by atoms with Gasteiger partial charge in [-0.25, -0.2) is 0 Å². The minimum absolute atomic E-state index is 0.184. The molecule has 192 valence electrons. The van der Waals surface area contributed by atoms with Crippen LogP contribution >= 0.6 is 0 Å². The van der Waals surface area contributed by atoms with Gasteiger partial charge in [0.1, 0.15) is 0 Å². The van der Waals surface area contributed by atoms with E-state index in [2.05, 4.69) is 53.1 Å². The van der Waals surface area contributed by atoms with E-state index in [9.17, 15) is 27.4 Å². The predicted molar refractivity (Wildman–Crippen MR) is 139 cm³/mol. The van der Waals surface area contributed by atoms with Gasteiger partial charge in [-0.1, -0.05) is 66.7 Å². The summed E-state index contributed by atoms with van der Waals surface area (Å²) in [5, 5.41) is 11.6. The Hall–Kier alpha value is -4.01. The van der Waals surface area contributed by atoms with Gasteiger partial charge in [-0.05, 0) is 35.4 Å². The van der Waals surface area contributed by atoms with E-state index in [0.717, 1.165) is 33.6 Å². The SMILES string of the molecule is CC(C)(CC[n+]1c(-c2ccccc2)cc(-c2ccccc2)cc1-c1ccccc1)[N+](=O)[O-].F[B-](F)(F)F. The molecule has 0 saturated carbocycles. The quantitative estimate of drug-likeness (QED) is 0.0840. The summed E-state index contributed by atoms with van der Waals surface area (Å²) in [6.07, 6.45) is 0.426. The van der Waals surface area contributed by atoms with Crippen molar-refractivity contribution in [2.75, 3.05) is 0 Å². The van der Waals surface area contributed by atoms with E-state index in [1.165, 1.54) is 0 Å². The van der Waals surface area contributed by atoms with Crippen molar-refractivity contribution >= 4 is 7.25 Å². The van der Waals surface area contributed by atoms with E-state index < -0.39 is 12.8 Å². The Morgan fingerprint density at radius 2 is 1.05 bits per heavy atom. The standard InChI is InChI=1S/C28H27N2O2.BF4/c1-28(2,30(31)32)18-19-29-26(23-14-8-4-9-15-23)20-25(22-12-6-3-7-13-22)21-27(29)24-16-10-5-11-17-24;2-1(3,4)5/h3-17,20-21H,18-19H2,1-2H3;/q+1;-1. The molecular formula is C28H27BF4N2O2. The van der Waals surface area contributed by atoms with Crippen LogP contribution in [0.1, 0.15) is 20.3 Å². The molecular weight excluding hydrogens is 483 g/mol. The second-order valence-electron chi connectivity index (χ2n) is 9.08. The molecule has 0 N–H and O–H groups in total. The third-order valence-electron chi connectivity index (χ3n) is 5.85. The highest BCUT2D eigenvalue weighted by atomic mass is 19.5. The van der Waals surface area contributed by atoms with E-state index in [0.29, 0.717) is 13.0 Å². The first-order chi connectivity index (χ1) is 17.5. The number of rotatable bonds is 7. The van der Waals surface area contributed by atoms with Crippen LogP contribution < -0.4 is 4.57 Å². The lowest BCUT2D eigenvalue weighted by Gasteiger charge is -2.17. The summed E-state index contributed by atoms with van der Waals surface area (Å²) in [4.78, 5) is 11.4. The van der Waals surface area contributed by atoms with Crippen molar-refractivity contribution < 1.29 is 26.8 Å². The second-order valence-corrected chi connectivity index (χ2v) is 9.08. The Morgan fingerprint density at radius 1 is 0.703 bits per heavy atom. The zero-order valence-corrected chi connectivity index (χ0v) is 20.5. The minimum Gasteiger partial charge on any atom is -0.418 e. The Bertz CT molecular complexity index is 1250. The molecule has 0 aliphatic carbocycles. The third-order valence-corrected chi connectivity index (χ3v) is 5.85. The molecule has 0 bridgehead atoms. The fraction of sp³-hybridized carbons (Fsp3) is 0.179. The summed E-state index contributed by atoms with van der Waals surface area (Å²) >= 11 is 0. The summed E-state index contributed by atoms with van der Waals surface area (Å²) in [6.45, 7) is 3.92. The van der Waals surface area contributed by atoms with Crippen LogP contribution in [0.4, 0.5) is 17.3 Å². The first-order valence-corrected chi connectivity index (χ1v) is 11.7. The van der Waals surface area contributed by atoms with Gasteiger partial charge >= 0.3 is 7.25 Å². The van der Waals surface area contributed by atoms with Gasteiger partial charge in [0, 0.05) is 42.0 Å². The summed E-state index contributed by atoms with van der Waals surface area (Å²) < 4.78 is 41.2. The summed E-state index contributed by atoms with van der Waals surface area (Å²) in [6, 6.07) is 35.2. The number of nitro groups is 1. The molecule has 4 nitrogen and oxygen atoms in total. The fourth-order valence-corrected chi connectivity index (χ4v) is 3.83. The second kappa shape index (κ2) is 11.8. The number of benzene rings is 3. The molecule has 0 spiro atoms. The molecule has 0 unspecified atom stereocenters. The number of hydrogen-bond acceptors (Lipinski definition) is 2. The van der Waals surface area contributed by atoms with E-state index in [1.54, 1.807) is 13.8 Å². The van der Waals surface area contributed by atoms with Crippen LogP contribution in [0, 0.1) is 10.1 Å². The van der Waals surface area contributed by atoms with E-state index in [1.807, 2.05) is 54.6 Å². The highest BCUT2D eigenvalue weighted by Crippen LogP contribution is 2.29. The lowest BCUT2D eigenvalue weighted by Crippen LogP contribution is -2.44. The zero-order valence-electron chi connectivity index (χ0n) is 20.5. The van der Waals surface area contributed by atoms with Crippen molar-refractivity contribution in [1.29, 1.82) is 0 Å². The normalized spacial score (nSPS) is 11.4. The highest BCUT2D eigenvalue weighted by Gasteiger charge is 2.34. The van der Waals surface area contributed by atoms with Crippen LogP contribution in [-0.2, 0) is 6.54 Å². The number of halogens is 4. The van der Waals surface area contributed by atoms with Gasteiger partial charge in [0.25, 0.3) is 0 Å². The van der Waals surface area contributed by atoms with E-state index in [4.69, 9.17) is 0 Å². The van der Waals surface area contributed by atoms with E-state index >= 15 is 0 Å². The van der Waals surface area contributed by atoms with E-state index in [-0.39, 0.29) is 4.92 Å². The van der Waals surface area contributed by atoms with Crippen LogP contribution in [0.2, 0.25) is 0 Å². The lowest BCUT2D eigenvalue weighted by molar-refractivity contribution is -0.685. The van der Waals surface area contributed by atoms with Crippen molar-refractivity contribution in [3.8, 4) is 33.6 Å². The third kappa shape index (κ3) is 8.00. The Morgan fingerprint density at radius 3 is 1.41 bits per heavy atom. The average molecular weight is 510 g/mol. The lowest BCUT2D eigenvalue weighted by atomic mass is 9.97. The fourth-order valence-electron chi connectivity index (χ4n) is 3.83. The summed E-state index contributed by atoms with van der Waals surface area (Å²) in [5.74, 6) is 0. The van der Waals surface area contributed by atoms with Gasteiger partial charge in [-0.15, -0.1) is 0 Å². The predicted octanol–water partition coefficient (Wildman–Crippen LogP) is 7.72. The maximum Gasteiger partial charge on any atom is 0.673 e. The maximum absolute atomic E-state index is 11.6. The molecule has 0 fully saturated rings. The first-order valence-electron chi connectivity index (χ1n) is 11.7. The Labute approximate surface area is 213 Å². The Kier molecular flexibility index (Phi) is 8.81. The van der Waals surface area contributed by atoms with Crippen molar-refractivity contribution in [3.05, 3.63) is 113 Å². The average Bonchev–Trinajstić information content (AvgIpc) is 2.87. The zero-order chi connectivity index (χ0) is 27.1. The van der Waals surface area contributed by atoms with Gasteiger partial charge < -0.3 is 17.3 Å². The minimum atomic E-state index is -6.00. The topological polar surface area (TPSA) is 47.0 Å². The number of pyridine rings is 1. The highest BCUT2D eigenvalue weighted by molar-refractivity contribution is 6.50. The molecule has 0 aliphatic heterocycles. The van der Waals surface area contributed by atoms with Crippen LogP contribution in [0.3, 0.4) is 0 Å². The van der Waals surface area contributed by atoms with Crippen molar-refractivity contribution in [2.24, 2.45) is 0 Å².